The molecule has 1 N–H and O–H groups in total. The van der Waals surface area contributed by atoms with E-state index in [1.54, 1.807) is 30.3 Å². The summed E-state index contributed by atoms with van der Waals surface area (Å²) in [6.45, 7) is 3.34. The van der Waals surface area contributed by atoms with Crippen LogP contribution in [-0.2, 0) is 14.8 Å². The number of halogens is 2. The number of hydrogen-bond donors (Lipinski definition) is 1. The van der Waals surface area contributed by atoms with Crippen molar-refractivity contribution in [2.45, 2.75) is 24.8 Å². The molecule has 166 valence electrons. The van der Waals surface area contributed by atoms with Gasteiger partial charge in [-0.2, -0.15) is 0 Å². The van der Waals surface area contributed by atoms with Crippen LogP contribution in [0.25, 0.3) is 0 Å². The number of fused-ring (bicyclic) bond motifs is 1. The lowest BCUT2D eigenvalue weighted by Gasteiger charge is -2.35. The van der Waals surface area contributed by atoms with Gasteiger partial charge in [-0.1, -0.05) is 23.8 Å². The zero-order valence-corrected chi connectivity index (χ0v) is 18.1. The van der Waals surface area contributed by atoms with Gasteiger partial charge in [-0.05, 0) is 55.8 Å². The topological polar surface area (TPSA) is 75.7 Å². The molecule has 9 heteroatoms. The summed E-state index contributed by atoms with van der Waals surface area (Å²) in [6.07, 6.45) is -1.25. The van der Waals surface area contributed by atoms with E-state index in [0.717, 1.165) is 27.6 Å². The van der Waals surface area contributed by atoms with Gasteiger partial charge in [0.05, 0.1) is 22.8 Å². The number of carbonyl (C=O) groups is 1. The van der Waals surface area contributed by atoms with E-state index in [9.17, 15) is 22.0 Å². The second-order valence-electron chi connectivity index (χ2n) is 7.54. The van der Waals surface area contributed by atoms with Crippen LogP contribution in [0.1, 0.15) is 11.1 Å². The number of benzene rings is 3. The van der Waals surface area contributed by atoms with Gasteiger partial charge in [0.25, 0.3) is 15.9 Å². The van der Waals surface area contributed by atoms with Crippen molar-refractivity contribution in [2.75, 3.05) is 16.2 Å². The van der Waals surface area contributed by atoms with E-state index in [1.807, 2.05) is 13.8 Å². The first-order valence-corrected chi connectivity index (χ1v) is 11.2. The molecule has 0 radical (unpaired) electrons. The fourth-order valence-corrected chi connectivity index (χ4v) is 4.83. The molecule has 4 rings (SSSR count). The Morgan fingerprint density at radius 3 is 2.38 bits per heavy atom. The van der Waals surface area contributed by atoms with Crippen LogP contribution >= 0.6 is 0 Å². The van der Waals surface area contributed by atoms with Crippen LogP contribution in [0.15, 0.2) is 65.6 Å². The molecule has 1 aliphatic rings. The molecule has 1 amide bonds. The first kappa shape index (κ1) is 21.8. The molecule has 0 aliphatic carbocycles. The molecule has 0 saturated heterocycles. The highest BCUT2D eigenvalue weighted by molar-refractivity contribution is 7.92. The molecule has 0 bridgehead atoms. The zero-order valence-electron chi connectivity index (χ0n) is 17.3. The molecule has 1 aliphatic heterocycles. The van der Waals surface area contributed by atoms with Gasteiger partial charge in [0.15, 0.2) is 6.10 Å². The van der Waals surface area contributed by atoms with Gasteiger partial charge in [0, 0.05) is 6.07 Å². The van der Waals surface area contributed by atoms with Crippen molar-refractivity contribution < 1.29 is 26.7 Å². The molecule has 6 nitrogen and oxygen atoms in total. The molecule has 1 atom stereocenters. The highest BCUT2D eigenvalue weighted by Crippen LogP contribution is 2.38. The number of sulfonamides is 1. The lowest BCUT2D eigenvalue weighted by atomic mass is 10.1. The Balaban J connectivity index is 1.69. The summed E-state index contributed by atoms with van der Waals surface area (Å²) < 4.78 is 60.9. The van der Waals surface area contributed by atoms with Gasteiger partial charge in [0.2, 0.25) is 0 Å². The number of nitrogens with zero attached hydrogens (tertiary/aromatic N) is 1. The Labute approximate surface area is 184 Å². The third-order valence-corrected chi connectivity index (χ3v) is 6.87. The van der Waals surface area contributed by atoms with Crippen molar-refractivity contribution in [1.29, 1.82) is 0 Å². The van der Waals surface area contributed by atoms with Crippen molar-refractivity contribution in [3.05, 3.63) is 83.4 Å². The molecule has 32 heavy (non-hydrogen) atoms. The van der Waals surface area contributed by atoms with E-state index >= 15 is 0 Å². The van der Waals surface area contributed by atoms with Crippen molar-refractivity contribution in [3.63, 3.8) is 0 Å². The molecule has 0 fully saturated rings. The van der Waals surface area contributed by atoms with E-state index in [2.05, 4.69) is 5.32 Å². The smallest absolute Gasteiger partial charge is 0.267 e. The van der Waals surface area contributed by atoms with Crippen LogP contribution in [0.3, 0.4) is 0 Å². The summed E-state index contributed by atoms with van der Waals surface area (Å²) in [5, 5.41) is 2.34. The summed E-state index contributed by atoms with van der Waals surface area (Å²) in [7, 11) is -4.01. The zero-order chi connectivity index (χ0) is 23.0. The maximum absolute atomic E-state index is 14.0. The first-order valence-electron chi connectivity index (χ1n) is 9.78. The number of aryl methyl sites for hydroxylation is 2. The van der Waals surface area contributed by atoms with Crippen LogP contribution in [-0.4, -0.2) is 27.0 Å². The van der Waals surface area contributed by atoms with Gasteiger partial charge in [-0.15, -0.1) is 0 Å². The highest BCUT2D eigenvalue weighted by atomic mass is 32.2. The summed E-state index contributed by atoms with van der Waals surface area (Å²) >= 11 is 0. The van der Waals surface area contributed by atoms with E-state index in [-0.39, 0.29) is 22.9 Å². The Morgan fingerprint density at radius 2 is 1.69 bits per heavy atom. The second-order valence-corrected chi connectivity index (χ2v) is 9.40. The monoisotopic (exact) mass is 458 g/mol. The maximum Gasteiger partial charge on any atom is 0.267 e. The minimum absolute atomic E-state index is 0.0705. The number of carbonyl (C=O) groups excluding carboxylic acids is 1. The fourth-order valence-electron chi connectivity index (χ4n) is 3.37. The molecule has 1 heterocycles. The van der Waals surface area contributed by atoms with Crippen molar-refractivity contribution in [2.24, 2.45) is 0 Å². The van der Waals surface area contributed by atoms with Crippen LogP contribution in [0.2, 0.25) is 0 Å². The molecule has 3 aromatic carbocycles. The molecular weight excluding hydrogens is 438 g/mol. The molecule has 0 spiro atoms. The lowest BCUT2D eigenvalue weighted by Crippen LogP contribution is -2.49. The van der Waals surface area contributed by atoms with Crippen molar-refractivity contribution in [1.82, 2.24) is 0 Å². The Kier molecular flexibility index (Phi) is 5.60. The minimum Gasteiger partial charge on any atom is -0.476 e. The number of amides is 1. The molecule has 3 aromatic rings. The number of hydrogen-bond acceptors (Lipinski definition) is 4. The maximum atomic E-state index is 14.0. The van der Waals surface area contributed by atoms with Gasteiger partial charge in [-0.25, -0.2) is 17.2 Å². The van der Waals surface area contributed by atoms with E-state index in [4.69, 9.17) is 4.74 Å². The third kappa shape index (κ3) is 4.16. The summed E-state index contributed by atoms with van der Waals surface area (Å²) in [5.74, 6) is -2.29. The van der Waals surface area contributed by atoms with Gasteiger partial charge in [0.1, 0.15) is 17.4 Å². The summed E-state index contributed by atoms with van der Waals surface area (Å²) in [6, 6.07) is 14.1. The van der Waals surface area contributed by atoms with Crippen molar-refractivity contribution in [3.8, 4) is 5.75 Å². The summed E-state index contributed by atoms with van der Waals surface area (Å²) in [5.41, 5.74) is 1.79. The predicted molar refractivity (Wildman–Crippen MR) is 116 cm³/mol. The third-order valence-electron chi connectivity index (χ3n) is 5.07. The fraction of sp³-hybridized carbons (Fsp3) is 0.174. The standard InChI is InChI=1S/C23H20F2N2O4S/c1-14-3-7-17(8-4-14)32(29,30)27-13-22(31-21-10-5-15(2)11-20(21)27)23(28)26-19-9-6-16(24)12-18(19)25/h3-12,22H,13H2,1-2H3,(H,26,28)/t22-/m0/s1. The minimum atomic E-state index is -4.01. The molecule has 0 aromatic heterocycles. The number of anilines is 2. The number of ether oxygens (including phenoxy) is 1. The van der Waals surface area contributed by atoms with E-state index in [0.29, 0.717) is 11.8 Å². The molecule has 0 unspecified atom stereocenters. The highest BCUT2D eigenvalue weighted by Gasteiger charge is 2.37. The summed E-state index contributed by atoms with van der Waals surface area (Å²) in [4.78, 5) is 12.9. The van der Waals surface area contributed by atoms with Crippen LogP contribution in [0, 0.1) is 25.5 Å². The average molecular weight is 458 g/mol. The number of nitrogens with one attached hydrogen (secondary N) is 1. The van der Waals surface area contributed by atoms with E-state index in [1.165, 1.54) is 12.1 Å². The first-order chi connectivity index (χ1) is 15.1. The Hall–Kier alpha value is -3.46. The Bertz CT molecular complexity index is 1290. The van der Waals surface area contributed by atoms with Gasteiger partial charge in [-0.3, -0.25) is 9.10 Å². The predicted octanol–water partition coefficient (Wildman–Crippen LogP) is 4.18. The largest absolute Gasteiger partial charge is 0.476 e. The van der Waals surface area contributed by atoms with Crippen LogP contribution in [0.4, 0.5) is 20.2 Å². The average Bonchev–Trinajstić information content (AvgIpc) is 2.75. The second kappa shape index (κ2) is 8.23. The molecule has 0 saturated carbocycles. The lowest BCUT2D eigenvalue weighted by molar-refractivity contribution is -0.122. The van der Waals surface area contributed by atoms with Gasteiger partial charge >= 0.3 is 0 Å². The SMILES string of the molecule is Cc1ccc(S(=O)(=O)N2C[C@@H](C(=O)Nc3ccc(F)cc3F)Oc3ccc(C)cc32)cc1. The van der Waals surface area contributed by atoms with E-state index < -0.39 is 33.7 Å². The number of rotatable bonds is 4. The Morgan fingerprint density at radius 1 is 1.00 bits per heavy atom. The quantitative estimate of drug-likeness (QED) is 0.637. The van der Waals surface area contributed by atoms with Crippen LogP contribution in [0.5, 0.6) is 5.75 Å². The van der Waals surface area contributed by atoms with Crippen LogP contribution < -0.4 is 14.4 Å². The normalized spacial score (nSPS) is 15.6. The van der Waals surface area contributed by atoms with Crippen molar-refractivity contribution >= 4 is 27.3 Å². The van der Waals surface area contributed by atoms with Gasteiger partial charge < -0.3 is 10.1 Å². The molecular formula is C23H20F2N2O4S.